The van der Waals surface area contributed by atoms with Crippen molar-refractivity contribution in [2.45, 2.75) is 45.1 Å². The molecule has 0 aromatic heterocycles. The highest BCUT2D eigenvalue weighted by molar-refractivity contribution is 9.10. The van der Waals surface area contributed by atoms with Gasteiger partial charge in [0.2, 0.25) is 0 Å². The lowest BCUT2D eigenvalue weighted by Gasteiger charge is -2.44. The van der Waals surface area contributed by atoms with Gasteiger partial charge in [-0.2, -0.15) is 0 Å². The Balaban J connectivity index is 1.79. The minimum Gasteiger partial charge on any atom is -0.459 e. The fourth-order valence-corrected chi connectivity index (χ4v) is 5.42. The number of carbonyl (C=O) groups is 2. The normalized spacial score (nSPS) is 19.7. The molecule has 2 aliphatic rings. The standard InChI is InChI=1S/C28H25BrO4/c1-27(2,3)33-26(31)28(15-14-17-12-13-18(29)16-21(17)25(28)30)24-19-8-4-6-10-22(19)32-23-11-7-5-9-20(23)24/h4-13,16,24H,14-15H2,1-3H3/t28-/m1/s1. The van der Waals surface area contributed by atoms with Crippen molar-refractivity contribution in [2.75, 3.05) is 0 Å². The lowest BCUT2D eigenvalue weighted by molar-refractivity contribution is -0.165. The van der Waals surface area contributed by atoms with E-state index in [4.69, 9.17) is 9.47 Å². The maximum Gasteiger partial charge on any atom is 0.321 e. The number of ether oxygens (including phenoxy) is 2. The first-order valence-corrected chi connectivity index (χ1v) is 11.9. The summed E-state index contributed by atoms with van der Waals surface area (Å²) in [7, 11) is 0. The summed E-state index contributed by atoms with van der Waals surface area (Å²) < 4.78 is 13.0. The lowest BCUT2D eigenvalue weighted by atomic mass is 9.59. The Labute approximate surface area is 202 Å². The summed E-state index contributed by atoms with van der Waals surface area (Å²) in [5, 5.41) is 0. The molecule has 3 aromatic carbocycles. The molecule has 0 fully saturated rings. The van der Waals surface area contributed by atoms with Crippen LogP contribution in [0.15, 0.2) is 71.2 Å². The Morgan fingerprint density at radius 2 is 1.61 bits per heavy atom. The second kappa shape index (κ2) is 7.84. The van der Waals surface area contributed by atoms with Crippen LogP contribution in [-0.2, 0) is 16.0 Å². The largest absolute Gasteiger partial charge is 0.459 e. The van der Waals surface area contributed by atoms with E-state index < -0.39 is 22.9 Å². The molecule has 168 valence electrons. The number of ketones is 1. The number of esters is 1. The smallest absolute Gasteiger partial charge is 0.321 e. The van der Waals surface area contributed by atoms with Crippen LogP contribution in [0.1, 0.15) is 60.2 Å². The zero-order chi connectivity index (χ0) is 23.4. The van der Waals surface area contributed by atoms with Crippen LogP contribution >= 0.6 is 15.9 Å². The second-order valence-corrected chi connectivity index (χ2v) is 10.6. The van der Waals surface area contributed by atoms with Crippen LogP contribution < -0.4 is 4.74 Å². The number of aryl methyl sites for hydroxylation is 1. The number of fused-ring (bicyclic) bond motifs is 3. The van der Waals surface area contributed by atoms with Crippen molar-refractivity contribution in [3.05, 3.63) is 93.5 Å². The fraction of sp³-hybridized carbons (Fsp3) is 0.286. The Kier molecular flexibility index (Phi) is 5.20. The van der Waals surface area contributed by atoms with Gasteiger partial charge in [0, 0.05) is 27.1 Å². The summed E-state index contributed by atoms with van der Waals surface area (Å²) in [6.45, 7) is 5.51. The summed E-state index contributed by atoms with van der Waals surface area (Å²) in [4.78, 5) is 28.4. The van der Waals surface area contributed by atoms with Gasteiger partial charge in [-0.15, -0.1) is 0 Å². The van der Waals surface area contributed by atoms with Gasteiger partial charge >= 0.3 is 5.97 Å². The first-order valence-electron chi connectivity index (χ1n) is 11.1. The van der Waals surface area contributed by atoms with E-state index in [2.05, 4.69) is 15.9 Å². The highest BCUT2D eigenvalue weighted by Crippen LogP contribution is 2.57. The number of hydrogen-bond acceptors (Lipinski definition) is 4. The topological polar surface area (TPSA) is 52.6 Å². The molecule has 0 saturated carbocycles. The summed E-state index contributed by atoms with van der Waals surface area (Å²) >= 11 is 3.50. The first-order chi connectivity index (χ1) is 15.7. The number of hydrogen-bond donors (Lipinski definition) is 0. The van der Waals surface area contributed by atoms with E-state index in [0.29, 0.717) is 29.9 Å². The lowest BCUT2D eigenvalue weighted by Crippen LogP contribution is -2.51. The monoisotopic (exact) mass is 504 g/mol. The van der Waals surface area contributed by atoms with E-state index in [1.807, 2.05) is 87.5 Å². The third-order valence-electron chi connectivity index (χ3n) is 6.45. The summed E-state index contributed by atoms with van der Waals surface area (Å²) in [6, 6.07) is 21.0. The van der Waals surface area contributed by atoms with Crippen molar-refractivity contribution in [1.82, 2.24) is 0 Å². The van der Waals surface area contributed by atoms with Crippen LogP contribution in [0.2, 0.25) is 0 Å². The molecule has 1 heterocycles. The molecule has 33 heavy (non-hydrogen) atoms. The Morgan fingerprint density at radius 3 is 2.21 bits per heavy atom. The van der Waals surface area contributed by atoms with E-state index in [1.165, 1.54) is 0 Å². The predicted octanol–water partition coefficient (Wildman–Crippen LogP) is 6.84. The van der Waals surface area contributed by atoms with Crippen molar-refractivity contribution in [3.63, 3.8) is 0 Å². The second-order valence-electron chi connectivity index (χ2n) is 9.71. The molecular weight excluding hydrogens is 480 g/mol. The van der Waals surface area contributed by atoms with Crippen molar-refractivity contribution < 1.29 is 19.1 Å². The molecule has 0 bridgehead atoms. The molecule has 3 aromatic rings. The van der Waals surface area contributed by atoms with Gasteiger partial charge in [-0.3, -0.25) is 9.59 Å². The number of Topliss-reactive ketones (excluding diaryl/α,β-unsaturated/α-hetero) is 1. The molecule has 0 radical (unpaired) electrons. The molecule has 5 rings (SSSR count). The molecule has 1 aliphatic carbocycles. The molecule has 1 aliphatic heterocycles. The molecule has 0 unspecified atom stereocenters. The maximum atomic E-state index is 14.4. The van der Waals surface area contributed by atoms with E-state index >= 15 is 0 Å². The quantitative estimate of drug-likeness (QED) is 0.283. The van der Waals surface area contributed by atoms with E-state index in [1.54, 1.807) is 0 Å². The van der Waals surface area contributed by atoms with E-state index in [9.17, 15) is 9.59 Å². The van der Waals surface area contributed by atoms with Gasteiger partial charge in [0.25, 0.3) is 0 Å². The summed E-state index contributed by atoms with van der Waals surface area (Å²) in [6.07, 6.45) is 0.970. The molecule has 0 saturated heterocycles. The SMILES string of the molecule is CC(C)(C)OC(=O)[C@@]1(C2c3ccccc3Oc3ccccc32)CCc2ccc(Br)cc2C1=O. The van der Waals surface area contributed by atoms with Gasteiger partial charge in [-0.05, 0) is 63.4 Å². The molecule has 1 atom stereocenters. The Morgan fingerprint density at radius 1 is 1.00 bits per heavy atom. The predicted molar refractivity (Wildman–Crippen MR) is 130 cm³/mol. The minimum absolute atomic E-state index is 0.198. The minimum atomic E-state index is -1.41. The molecular formula is C28H25BrO4. The van der Waals surface area contributed by atoms with Gasteiger partial charge in [-0.1, -0.05) is 58.4 Å². The van der Waals surface area contributed by atoms with Crippen molar-refractivity contribution in [1.29, 1.82) is 0 Å². The average molecular weight is 505 g/mol. The number of carbonyl (C=O) groups excluding carboxylic acids is 2. The molecule has 0 amide bonds. The van der Waals surface area contributed by atoms with Gasteiger partial charge < -0.3 is 9.47 Å². The van der Waals surface area contributed by atoms with E-state index in [-0.39, 0.29) is 5.78 Å². The van der Waals surface area contributed by atoms with Crippen LogP contribution in [-0.4, -0.2) is 17.4 Å². The van der Waals surface area contributed by atoms with Crippen LogP contribution in [0.25, 0.3) is 0 Å². The molecule has 4 nitrogen and oxygen atoms in total. The fourth-order valence-electron chi connectivity index (χ4n) is 5.06. The third kappa shape index (κ3) is 3.59. The zero-order valence-electron chi connectivity index (χ0n) is 18.9. The van der Waals surface area contributed by atoms with Crippen LogP contribution in [0.3, 0.4) is 0 Å². The highest BCUT2D eigenvalue weighted by atomic mass is 79.9. The van der Waals surface area contributed by atoms with Crippen LogP contribution in [0.5, 0.6) is 11.5 Å². The summed E-state index contributed by atoms with van der Waals surface area (Å²) in [5.74, 6) is 0.125. The Hall–Kier alpha value is -2.92. The maximum absolute atomic E-state index is 14.4. The van der Waals surface area contributed by atoms with Crippen molar-refractivity contribution in [2.24, 2.45) is 5.41 Å². The first kappa shape index (κ1) is 21.9. The molecule has 5 heteroatoms. The van der Waals surface area contributed by atoms with E-state index in [0.717, 1.165) is 21.2 Å². The summed E-state index contributed by atoms with van der Waals surface area (Å²) in [5.41, 5.74) is 1.05. The number of rotatable bonds is 2. The van der Waals surface area contributed by atoms with Gasteiger partial charge in [0.1, 0.15) is 22.5 Å². The number of halogens is 1. The molecule has 0 N–H and O–H groups in total. The van der Waals surface area contributed by atoms with Crippen molar-refractivity contribution in [3.8, 4) is 11.5 Å². The zero-order valence-corrected chi connectivity index (χ0v) is 20.4. The third-order valence-corrected chi connectivity index (χ3v) is 6.94. The Bertz CT molecular complexity index is 1230. The van der Waals surface area contributed by atoms with Crippen LogP contribution in [0.4, 0.5) is 0 Å². The average Bonchev–Trinajstić information content (AvgIpc) is 2.77. The van der Waals surface area contributed by atoms with Gasteiger partial charge in [0.15, 0.2) is 5.78 Å². The van der Waals surface area contributed by atoms with Crippen LogP contribution in [0, 0.1) is 5.41 Å². The van der Waals surface area contributed by atoms with Gasteiger partial charge in [-0.25, -0.2) is 0 Å². The molecule has 0 spiro atoms. The van der Waals surface area contributed by atoms with Crippen molar-refractivity contribution >= 4 is 27.7 Å². The number of benzene rings is 3. The highest BCUT2D eigenvalue weighted by Gasteiger charge is 2.58. The van der Waals surface area contributed by atoms with Gasteiger partial charge in [0.05, 0.1) is 0 Å². The number of para-hydroxylation sites is 2.